The Kier molecular flexibility index (Phi) is 12.1. The molecule has 2 saturated heterocycles. The molecular formula is C34H54N6O4. The lowest BCUT2D eigenvalue weighted by Crippen LogP contribution is -2.48. The number of likely N-dealkylation sites (N-methyl/N-ethyl adjacent to an activating group) is 2. The molecule has 44 heavy (non-hydrogen) atoms. The lowest BCUT2D eigenvalue weighted by molar-refractivity contribution is -0.132. The van der Waals surface area contributed by atoms with Crippen molar-refractivity contribution < 1.29 is 19.1 Å². The highest BCUT2D eigenvalue weighted by Crippen LogP contribution is 2.23. The molecule has 0 unspecified atom stereocenters. The molecule has 4 atom stereocenters. The topological polar surface area (TPSA) is 109 Å². The summed E-state index contributed by atoms with van der Waals surface area (Å²) in [5.74, 6) is 2.21. The third-order valence-corrected chi connectivity index (χ3v) is 8.51. The van der Waals surface area contributed by atoms with Gasteiger partial charge in [0.15, 0.2) is 0 Å². The summed E-state index contributed by atoms with van der Waals surface area (Å²) in [6.45, 7) is 20.4. The monoisotopic (exact) mass is 610 g/mol. The Morgan fingerprint density at radius 1 is 0.750 bits per heavy atom. The summed E-state index contributed by atoms with van der Waals surface area (Å²) in [5, 5.41) is 6.34. The van der Waals surface area contributed by atoms with E-state index in [-0.39, 0.29) is 23.9 Å². The van der Waals surface area contributed by atoms with Crippen molar-refractivity contribution in [2.45, 2.75) is 67.5 Å². The molecule has 10 heteroatoms. The molecule has 0 radical (unpaired) electrons. The van der Waals surface area contributed by atoms with E-state index in [2.05, 4.69) is 58.3 Å². The van der Waals surface area contributed by atoms with Crippen LogP contribution in [0.3, 0.4) is 0 Å². The number of aryl methyl sites for hydroxylation is 2. The molecule has 2 N–H and O–H groups in total. The Bertz CT molecular complexity index is 1160. The fourth-order valence-corrected chi connectivity index (χ4v) is 5.39. The van der Waals surface area contributed by atoms with E-state index in [0.29, 0.717) is 36.8 Å². The maximum absolute atomic E-state index is 12.5. The van der Waals surface area contributed by atoms with E-state index in [4.69, 9.17) is 9.47 Å². The second-order valence-electron chi connectivity index (χ2n) is 14.2. The first kappa shape index (κ1) is 35.2. The van der Waals surface area contributed by atoms with Crippen molar-refractivity contribution in [3.63, 3.8) is 0 Å². The minimum absolute atomic E-state index is 0.0354. The molecule has 244 valence electrons. The number of hydrogen-bond donors (Lipinski definition) is 2. The van der Waals surface area contributed by atoms with Gasteiger partial charge in [-0.1, -0.05) is 26.0 Å². The molecule has 10 nitrogen and oxygen atoms in total. The summed E-state index contributed by atoms with van der Waals surface area (Å²) < 4.78 is 11.5. The van der Waals surface area contributed by atoms with E-state index in [1.807, 2.05) is 65.8 Å². The van der Waals surface area contributed by atoms with Gasteiger partial charge < -0.3 is 29.9 Å². The van der Waals surface area contributed by atoms with Crippen molar-refractivity contribution in [3.8, 4) is 11.8 Å². The van der Waals surface area contributed by atoms with Crippen LogP contribution in [0, 0.1) is 36.5 Å². The fourth-order valence-electron chi connectivity index (χ4n) is 5.39. The number of nitrogens with one attached hydrogen (secondary N) is 2. The summed E-state index contributed by atoms with van der Waals surface area (Å²) in [6.07, 6.45) is 3.40. The van der Waals surface area contributed by atoms with Gasteiger partial charge in [-0.25, -0.2) is 9.97 Å². The van der Waals surface area contributed by atoms with Crippen LogP contribution in [0.4, 0.5) is 0 Å². The Hall–Kier alpha value is -3.24. The SMILES string of the molecule is Cc1cccnc1OCC(C)(C)C(=O)N[C@@H]1CN(C)C[C@H]1C.Cc1cccnc1OCC(C)(C)C(=O)N[C@H]1CN(C)C[C@@H]1C. The number of rotatable bonds is 10. The zero-order valence-electron chi connectivity index (χ0n) is 28.4. The van der Waals surface area contributed by atoms with Gasteiger partial charge in [0.1, 0.15) is 13.2 Å². The molecule has 0 saturated carbocycles. The van der Waals surface area contributed by atoms with Crippen LogP contribution in [0.1, 0.15) is 52.7 Å². The Labute approximate surface area is 264 Å². The van der Waals surface area contributed by atoms with E-state index in [9.17, 15) is 9.59 Å². The van der Waals surface area contributed by atoms with Gasteiger partial charge in [-0.2, -0.15) is 0 Å². The molecule has 4 rings (SSSR count). The number of carbonyl (C=O) groups is 2. The van der Waals surface area contributed by atoms with Crippen molar-refractivity contribution in [2.75, 3.05) is 53.5 Å². The highest BCUT2D eigenvalue weighted by molar-refractivity contribution is 5.82. The molecule has 4 heterocycles. The van der Waals surface area contributed by atoms with Crippen LogP contribution in [-0.4, -0.2) is 97.2 Å². The molecular weight excluding hydrogens is 556 g/mol. The summed E-state index contributed by atoms with van der Waals surface area (Å²) in [5.41, 5.74) is 0.768. The number of likely N-dealkylation sites (tertiary alicyclic amines) is 2. The third kappa shape index (κ3) is 9.89. The number of amides is 2. The first-order chi connectivity index (χ1) is 20.6. The van der Waals surface area contributed by atoms with Gasteiger partial charge in [0.2, 0.25) is 23.6 Å². The number of hydrogen-bond acceptors (Lipinski definition) is 8. The predicted octanol–water partition coefficient (Wildman–Crippen LogP) is 3.72. The minimum Gasteiger partial charge on any atom is -0.476 e. The number of ether oxygens (including phenoxy) is 2. The minimum atomic E-state index is -0.592. The van der Waals surface area contributed by atoms with E-state index >= 15 is 0 Å². The van der Waals surface area contributed by atoms with Gasteiger partial charge in [-0.05, 0) is 79.6 Å². The van der Waals surface area contributed by atoms with Gasteiger partial charge >= 0.3 is 0 Å². The van der Waals surface area contributed by atoms with Crippen molar-refractivity contribution in [3.05, 3.63) is 47.8 Å². The lowest BCUT2D eigenvalue weighted by Gasteiger charge is -2.27. The average molecular weight is 611 g/mol. The molecule has 2 aromatic rings. The summed E-state index contributed by atoms with van der Waals surface area (Å²) in [4.78, 5) is 38.0. The van der Waals surface area contributed by atoms with Gasteiger partial charge in [-0.3, -0.25) is 9.59 Å². The molecule has 0 bridgehead atoms. The molecule has 2 amide bonds. The Morgan fingerprint density at radius 3 is 1.41 bits per heavy atom. The van der Waals surface area contributed by atoms with E-state index in [1.165, 1.54) is 0 Å². The first-order valence-electron chi connectivity index (χ1n) is 15.7. The summed E-state index contributed by atoms with van der Waals surface area (Å²) in [7, 11) is 4.17. The number of pyridine rings is 2. The zero-order valence-corrected chi connectivity index (χ0v) is 28.4. The zero-order chi connectivity index (χ0) is 32.7. The lowest BCUT2D eigenvalue weighted by atomic mass is 9.92. The van der Waals surface area contributed by atoms with Gasteiger partial charge in [0.05, 0.1) is 10.8 Å². The second-order valence-corrected chi connectivity index (χ2v) is 14.2. The fraction of sp³-hybridized carbons (Fsp3) is 0.647. The highest BCUT2D eigenvalue weighted by atomic mass is 16.5. The van der Waals surface area contributed by atoms with Crippen LogP contribution in [0.5, 0.6) is 11.8 Å². The molecule has 2 aliphatic heterocycles. The second kappa shape index (κ2) is 15.2. The molecule has 2 fully saturated rings. The van der Waals surface area contributed by atoms with Crippen LogP contribution < -0.4 is 20.1 Å². The normalized spacial score (nSPS) is 22.6. The van der Waals surface area contributed by atoms with E-state index < -0.39 is 10.8 Å². The molecule has 2 aliphatic rings. The van der Waals surface area contributed by atoms with E-state index in [0.717, 1.165) is 37.3 Å². The quantitative estimate of drug-likeness (QED) is 0.419. The standard InChI is InChI=1S/2C17H27N3O2/c2*1-12-7-6-8-18-15(12)22-11-17(3,4)16(21)19-14-10-20(5)9-13(14)2/h2*6-8,13-14H,9-11H2,1-5H3,(H,19,21)/t2*13-,14-/m10/s1. The maximum atomic E-state index is 12.5. The Morgan fingerprint density at radius 2 is 1.11 bits per heavy atom. The van der Waals surface area contributed by atoms with Crippen molar-refractivity contribution in [1.29, 1.82) is 0 Å². The van der Waals surface area contributed by atoms with Crippen molar-refractivity contribution in [1.82, 2.24) is 30.4 Å². The van der Waals surface area contributed by atoms with Crippen LogP contribution in [0.2, 0.25) is 0 Å². The largest absolute Gasteiger partial charge is 0.476 e. The van der Waals surface area contributed by atoms with E-state index in [1.54, 1.807) is 12.4 Å². The average Bonchev–Trinajstić information content (AvgIpc) is 3.45. The summed E-state index contributed by atoms with van der Waals surface area (Å²) >= 11 is 0. The number of carbonyl (C=O) groups excluding carboxylic acids is 2. The van der Waals surface area contributed by atoms with Crippen LogP contribution in [0.25, 0.3) is 0 Å². The Balaban J connectivity index is 0.000000240. The third-order valence-electron chi connectivity index (χ3n) is 8.51. The molecule has 2 aromatic heterocycles. The molecule has 0 aliphatic carbocycles. The number of aromatic nitrogens is 2. The van der Waals surface area contributed by atoms with Crippen molar-refractivity contribution in [2.24, 2.45) is 22.7 Å². The predicted molar refractivity (Wildman–Crippen MR) is 174 cm³/mol. The highest BCUT2D eigenvalue weighted by Gasteiger charge is 2.36. The summed E-state index contributed by atoms with van der Waals surface area (Å²) in [6, 6.07) is 8.08. The smallest absolute Gasteiger partial charge is 0.229 e. The van der Waals surface area contributed by atoms with Crippen LogP contribution in [-0.2, 0) is 9.59 Å². The van der Waals surface area contributed by atoms with Gasteiger partial charge in [0.25, 0.3) is 0 Å². The van der Waals surface area contributed by atoms with Crippen LogP contribution in [0.15, 0.2) is 36.7 Å². The first-order valence-corrected chi connectivity index (χ1v) is 15.7. The van der Waals surface area contributed by atoms with Gasteiger partial charge in [0, 0.05) is 61.8 Å². The van der Waals surface area contributed by atoms with Crippen molar-refractivity contribution >= 4 is 11.8 Å². The van der Waals surface area contributed by atoms with Crippen LogP contribution >= 0.6 is 0 Å². The number of nitrogens with zero attached hydrogens (tertiary/aromatic N) is 4. The van der Waals surface area contributed by atoms with Gasteiger partial charge in [-0.15, -0.1) is 0 Å². The maximum Gasteiger partial charge on any atom is 0.229 e. The molecule has 0 aromatic carbocycles. The molecule has 0 spiro atoms.